The lowest BCUT2D eigenvalue weighted by molar-refractivity contribution is 0.478. The van der Waals surface area contributed by atoms with E-state index in [4.69, 9.17) is 0 Å². The third-order valence-electron chi connectivity index (χ3n) is 3.94. The van der Waals surface area contributed by atoms with Crippen LogP contribution in [0.4, 0.5) is 8.78 Å². The number of nitrogens with one attached hydrogen (secondary N) is 1. The summed E-state index contributed by atoms with van der Waals surface area (Å²) in [5, 5.41) is 7.82. The van der Waals surface area contributed by atoms with E-state index in [2.05, 4.69) is 10.4 Å². The molecule has 0 fully saturated rings. The van der Waals surface area contributed by atoms with Crippen LogP contribution in [0.3, 0.4) is 0 Å². The number of aromatic nitrogens is 2. The van der Waals surface area contributed by atoms with Crippen LogP contribution in [-0.4, -0.2) is 9.78 Å². The molecule has 2 atom stereocenters. The fraction of sp³-hybridized carbons (Fsp3) is 0.438. The summed E-state index contributed by atoms with van der Waals surface area (Å²) < 4.78 is 28.2. The third-order valence-corrected chi connectivity index (χ3v) is 3.94. The van der Waals surface area contributed by atoms with Crippen molar-refractivity contribution in [2.75, 3.05) is 0 Å². The molecule has 0 amide bonds. The van der Waals surface area contributed by atoms with Crippen LogP contribution in [0.15, 0.2) is 18.2 Å². The lowest BCUT2D eigenvalue weighted by Crippen LogP contribution is -2.23. The molecule has 2 rings (SSSR count). The quantitative estimate of drug-likeness (QED) is 0.931. The molecule has 21 heavy (non-hydrogen) atoms. The first kappa shape index (κ1) is 15.6. The van der Waals surface area contributed by atoms with Gasteiger partial charge in [-0.15, -0.1) is 0 Å². The Morgan fingerprint density at radius 1 is 1.10 bits per heavy atom. The second-order valence-electron chi connectivity index (χ2n) is 5.49. The Labute approximate surface area is 124 Å². The van der Waals surface area contributed by atoms with Gasteiger partial charge in [-0.1, -0.05) is 6.07 Å². The first-order valence-electron chi connectivity index (χ1n) is 7.02. The van der Waals surface area contributed by atoms with Gasteiger partial charge in [0.05, 0.1) is 5.69 Å². The number of halogens is 2. The zero-order chi connectivity index (χ0) is 15.7. The molecule has 1 heterocycles. The molecule has 1 aromatic carbocycles. The zero-order valence-corrected chi connectivity index (χ0v) is 13.0. The van der Waals surface area contributed by atoms with Gasteiger partial charge in [0.25, 0.3) is 0 Å². The highest BCUT2D eigenvalue weighted by atomic mass is 19.2. The molecule has 2 unspecified atom stereocenters. The summed E-state index contributed by atoms with van der Waals surface area (Å²) in [6.45, 7) is 7.98. The molecule has 0 spiro atoms. The standard InChI is InChI=1S/C16H21F2N3/c1-9(13-6-7-14(17)15(18)8-13)19-10(2)16-11(3)20-21(5)12(16)4/h6-10,19H,1-5H3. The van der Waals surface area contributed by atoms with E-state index >= 15 is 0 Å². The van der Waals surface area contributed by atoms with E-state index in [0.717, 1.165) is 28.6 Å². The van der Waals surface area contributed by atoms with Crippen LogP contribution < -0.4 is 5.32 Å². The van der Waals surface area contributed by atoms with Gasteiger partial charge in [-0.2, -0.15) is 5.10 Å². The van der Waals surface area contributed by atoms with E-state index in [1.165, 1.54) is 6.07 Å². The van der Waals surface area contributed by atoms with Crippen molar-refractivity contribution in [3.63, 3.8) is 0 Å². The largest absolute Gasteiger partial charge is 0.304 e. The van der Waals surface area contributed by atoms with Crippen LogP contribution in [0.25, 0.3) is 0 Å². The second kappa shape index (κ2) is 5.93. The molecule has 0 aliphatic heterocycles. The molecular formula is C16H21F2N3. The van der Waals surface area contributed by atoms with Gasteiger partial charge in [-0.05, 0) is 45.4 Å². The van der Waals surface area contributed by atoms with E-state index in [1.807, 2.05) is 39.4 Å². The summed E-state index contributed by atoms with van der Waals surface area (Å²) in [5.41, 5.74) is 3.95. The van der Waals surface area contributed by atoms with Crippen LogP contribution in [0.2, 0.25) is 0 Å². The summed E-state index contributed by atoms with van der Waals surface area (Å²) in [5.74, 6) is -1.64. The molecule has 2 aromatic rings. The minimum Gasteiger partial charge on any atom is -0.304 e. The van der Waals surface area contributed by atoms with Crippen molar-refractivity contribution in [2.45, 2.75) is 39.8 Å². The summed E-state index contributed by atoms with van der Waals surface area (Å²) in [7, 11) is 1.91. The molecule has 1 N–H and O–H groups in total. The first-order valence-corrected chi connectivity index (χ1v) is 7.02. The maximum Gasteiger partial charge on any atom is 0.159 e. The molecule has 1 aromatic heterocycles. The SMILES string of the molecule is Cc1nn(C)c(C)c1C(C)NC(C)c1ccc(F)c(F)c1. The minimum atomic E-state index is -0.821. The van der Waals surface area contributed by atoms with E-state index in [9.17, 15) is 8.78 Å². The molecule has 114 valence electrons. The maximum atomic E-state index is 13.3. The smallest absolute Gasteiger partial charge is 0.159 e. The van der Waals surface area contributed by atoms with E-state index in [-0.39, 0.29) is 12.1 Å². The fourth-order valence-electron chi connectivity index (χ4n) is 2.75. The molecule has 5 heteroatoms. The normalized spacial score (nSPS) is 14.2. The monoisotopic (exact) mass is 293 g/mol. The number of hydrogen-bond donors (Lipinski definition) is 1. The Morgan fingerprint density at radius 2 is 1.76 bits per heavy atom. The molecule has 0 radical (unpaired) electrons. The number of benzene rings is 1. The average molecular weight is 293 g/mol. The van der Waals surface area contributed by atoms with Gasteiger partial charge < -0.3 is 5.32 Å². The summed E-state index contributed by atoms with van der Waals surface area (Å²) in [6, 6.07) is 3.98. The second-order valence-corrected chi connectivity index (χ2v) is 5.49. The molecule has 0 saturated heterocycles. The summed E-state index contributed by atoms with van der Waals surface area (Å²) >= 11 is 0. The Balaban J connectivity index is 2.18. The Bertz CT molecular complexity index is 649. The minimum absolute atomic E-state index is 0.0711. The van der Waals surface area contributed by atoms with Gasteiger partial charge in [-0.3, -0.25) is 4.68 Å². The van der Waals surface area contributed by atoms with Crippen molar-refractivity contribution in [2.24, 2.45) is 7.05 Å². The van der Waals surface area contributed by atoms with Crippen molar-refractivity contribution in [1.82, 2.24) is 15.1 Å². The first-order chi connectivity index (χ1) is 9.81. The van der Waals surface area contributed by atoms with Crippen molar-refractivity contribution in [1.29, 1.82) is 0 Å². The van der Waals surface area contributed by atoms with Crippen LogP contribution in [0, 0.1) is 25.5 Å². The Morgan fingerprint density at radius 3 is 2.29 bits per heavy atom. The Kier molecular flexibility index (Phi) is 4.42. The van der Waals surface area contributed by atoms with Crippen molar-refractivity contribution in [3.8, 4) is 0 Å². The lowest BCUT2D eigenvalue weighted by Gasteiger charge is -2.21. The number of nitrogens with zero attached hydrogens (tertiary/aromatic N) is 2. The lowest BCUT2D eigenvalue weighted by atomic mass is 10.0. The summed E-state index contributed by atoms with van der Waals surface area (Å²) in [6.07, 6.45) is 0. The highest BCUT2D eigenvalue weighted by Crippen LogP contribution is 2.24. The molecule has 0 aliphatic rings. The zero-order valence-electron chi connectivity index (χ0n) is 13.0. The number of hydrogen-bond acceptors (Lipinski definition) is 2. The van der Waals surface area contributed by atoms with Gasteiger partial charge in [0.15, 0.2) is 11.6 Å². The predicted molar refractivity (Wildman–Crippen MR) is 79.0 cm³/mol. The van der Waals surface area contributed by atoms with E-state index < -0.39 is 11.6 Å². The van der Waals surface area contributed by atoms with Crippen LogP contribution in [0.1, 0.15) is 48.4 Å². The number of rotatable bonds is 4. The van der Waals surface area contributed by atoms with E-state index in [1.54, 1.807) is 6.07 Å². The molecular weight excluding hydrogens is 272 g/mol. The Hall–Kier alpha value is -1.75. The molecule has 0 saturated carbocycles. The fourth-order valence-corrected chi connectivity index (χ4v) is 2.75. The van der Waals surface area contributed by atoms with Crippen molar-refractivity contribution >= 4 is 0 Å². The van der Waals surface area contributed by atoms with Crippen molar-refractivity contribution in [3.05, 3.63) is 52.3 Å². The molecule has 0 bridgehead atoms. The highest BCUT2D eigenvalue weighted by molar-refractivity contribution is 5.28. The number of aryl methyl sites for hydroxylation is 2. The van der Waals surface area contributed by atoms with Gasteiger partial charge in [0.1, 0.15) is 0 Å². The predicted octanol–water partition coefficient (Wildman–Crippen LogP) is 3.73. The van der Waals surface area contributed by atoms with Gasteiger partial charge in [0, 0.05) is 30.4 Å². The maximum absolute atomic E-state index is 13.3. The topological polar surface area (TPSA) is 29.9 Å². The molecule has 0 aliphatic carbocycles. The summed E-state index contributed by atoms with van der Waals surface area (Å²) in [4.78, 5) is 0. The van der Waals surface area contributed by atoms with Gasteiger partial charge >= 0.3 is 0 Å². The van der Waals surface area contributed by atoms with Crippen LogP contribution in [-0.2, 0) is 7.05 Å². The van der Waals surface area contributed by atoms with Crippen LogP contribution in [0.5, 0.6) is 0 Å². The third kappa shape index (κ3) is 3.13. The molecule has 3 nitrogen and oxygen atoms in total. The van der Waals surface area contributed by atoms with Gasteiger partial charge in [0.2, 0.25) is 0 Å². The average Bonchev–Trinajstić information content (AvgIpc) is 2.66. The van der Waals surface area contributed by atoms with Crippen LogP contribution >= 0.6 is 0 Å². The van der Waals surface area contributed by atoms with E-state index in [0.29, 0.717) is 0 Å². The van der Waals surface area contributed by atoms with Gasteiger partial charge in [-0.25, -0.2) is 8.78 Å². The van der Waals surface area contributed by atoms with Crippen molar-refractivity contribution < 1.29 is 8.78 Å². The highest BCUT2D eigenvalue weighted by Gasteiger charge is 2.19.